The summed E-state index contributed by atoms with van der Waals surface area (Å²) in [5, 5.41) is 12.5. The van der Waals surface area contributed by atoms with Crippen LogP contribution in [0.15, 0.2) is 0 Å². The summed E-state index contributed by atoms with van der Waals surface area (Å²) >= 11 is 0. The molecule has 5 heteroatoms. The van der Waals surface area contributed by atoms with Crippen LogP contribution in [0.3, 0.4) is 0 Å². The van der Waals surface area contributed by atoms with Gasteiger partial charge in [0.1, 0.15) is 5.54 Å². The van der Waals surface area contributed by atoms with E-state index in [1.54, 1.807) is 6.92 Å². The van der Waals surface area contributed by atoms with E-state index < -0.39 is 11.5 Å². The standard InChI is InChI=1S/C15H29NO4/c1-10(2)16-15(5,14(17)18)6-7-19-13-8-11(3)20-12(4)9-13/h10-13,16H,6-9H2,1-5H3,(H,17,18). The van der Waals surface area contributed by atoms with Gasteiger partial charge in [-0.2, -0.15) is 0 Å². The van der Waals surface area contributed by atoms with Crippen molar-refractivity contribution < 1.29 is 19.4 Å². The van der Waals surface area contributed by atoms with Crippen molar-refractivity contribution in [3.63, 3.8) is 0 Å². The Balaban J connectivity index is 2.42. The largest absolute Gasteiger partial charge is 0.480 e. The maximum atomic E-state index is 11.4. The summed E-state index contributed by atoms with van der Waals surface area (Å²) in [7, 11) is 0. The van der Waals surface area contributed by atoms with Gasteiger partial charge in [-0.15, -0.1) is 0 Å². The molecule has 1 aliphatic heterocycles. The minimum absolute atomic E-state index is 0.124. The van der Waals surface area contributed by atoms with E-state index in [4.69, 9.17) is 9.47 Å². The first-order valence-corrected chi connectivity index (χ1v) is 7.51. The van der Waals surface area contributed by atoms with Crippen LogP contribution in [0.5, 0.6) is 0 Å². The lowest BCUT2D eigenvalue weighted by Gasteiger charge is -2.33. The molecular weight excluding hydrogens is 258 g/mol. The molecule has 0 aromatic carbocycles. The molecule has 1 heterocycles. The first-order valence-electron chi connectivity index (χ1n) is 7.51. The van der Waals surface area contributed by atoms with Crippen LogP contribution >= 0.6 is 0 Å². The van der Waals surface area contributed by atoms with E-state index >= 15 is 0 Å². The number of rotatable bonds is 7. The Morgan fingerprint density at radius 3 is 2.40 bits per heavy atom. The van der Waals surface area contributed by atoms with E-state index in [0.717, 1.165) is 12.8 Å². The second-order valence-corrected chi connectivity index (χ2v) is 6.41. The average Bonchev–Trinajstić information content (AvgIpc) is 2.26. The van der Waals surface area contributed by atoms with Gasteiger partial charge in [0.05, 0.1) is 18.3 Å². The molecule has 0 saturated carbocycles. The Labute approximate surface area is 122 Å². The van der Waals surface area contributed by atoms with Crippen LogP contribution < -0.4 is 5.32 Å². The van der Waals surface area contributed by atoms with Gasteiger partial charge in [-0.25, -0.2) is 0 Å². The molecule has 1 saturated heterocycles. The molecule has 20 heavy (non-hydrogen) atoms. The molecule has 1 rings (SSSR count). The van der Waals surface area contributed by atoms with Crippen molar-refractivity contribution >= 4 is 5.97 Å². The van der Waals surface area contributed by atoms with Crippen LogP contribution in [0.2, 0.25) is 0 Å². The molecule has 1 aliphatic rings. The van der Waals surface area contributed by atoms with Crippen LogP contribution in [0.25, 0.3) is 0 Å². The molecular formula is C15H29NO4. The topological polar surface area (TPSA) is 67.8 Å². The summed E-state index contributed by atoms with van der Waals surface area (Å²) in [5.41, 5.74) is -0.934. The second kappa shape index (κ2) is 7.38. The maximum Gasteiger partial charge on any atom is 0.323 e. The zero-order valence-electron chi connectivity index (χ0n) is 13.3. The third-order valence-electron chi connectivity index (χ3n) is 3.69. The molecule has 0 aliphatic carbocycles. The van der Waals surface area contributed by atoms with Crippen molar-refractivity contribution in [1.82, 2.24) is 5.32 Å². The number of aliphatic carboxylic acids is 1. The van der Waals surface area contributed by atoms with Crippen molar-refractivity contribution in [3.8, 4) is 0 Å². The highest BCUT2D eigenvalue weighted by Crippen LogP contribution is 2.22. The van der Waals surface area contributed by atoms with Crippen molar-refractivity contribution in [3.05, 3.63) is 0 Å². The molecule has 1 fully saturated rings. The molecule has 118 valence electrons. The van der Waals surface area contributed by atoms with Crippen molar-refractivity contribution in [2.45, 2.75) is 83.8 Å². The monoisotopic (exact) mass is 287 g/mol. The molecule has 0 aromatic rings. The highest BCUT2D eigenvalue weighted by Gasteiger charge is 2.34. The Hall–Kier alpha value is -0.650. The van der Waals surface area contributed by atoms with Gasteiger partial charge in [-0.05, 0) is 53.9 Å². The molecule has 0 radical (unpaired) electrons. The van der Waals surface area contributed by atoms with Crippen LogP contribution in [0, 0.1) is 0 Å². The summed E-state index contributed by atoms with van der Waals surface area (Å²) in [6, 6.07) is 0.124. The number of ether oxygens (including phenoxy) is 2. The third-order valence-corrected chi connectivity index (χ3v) is 3.69. The number of hydrogen-bond donors (Lipinski definition) is 2. The molecule has 3 unspecified atom stereocenters. The predicted molar refractivity (Wildman–Crippen MR) is 77.9 cm³/mol. The van der Waals surface area contributed by atoms with Gasteiger partial charge in [0.2, 0.25) is 0 Å². The van der Waals surface area contributed by atoms with Gasteiger partial charge in [0, 0.05) is 12.6 Å². The van der Waals surface area contributed by atoms with Crippen LogP contribution in [0.1, 0.15) is 53.9 Å². The van der Waals surface area contributed by atoms with Crippen molar-refractivity contribution in [2.24, 2.45) is 0 Å². The zero-order valence-corrected chi connectivity index (χ0v) is 13.3. The molecule has 5 nitrogen and oxygen atoms in total. The quantitative estimate of drug-likeness (QED) is 0.751. The number of carboxylic acid groups (broad SMARTS) is 1. The normalized spacial score (nSPS) is 30.2. The van der Waals surface area contributed by atoms with Crippen LogP contribution in [-0.4, -0.2) is 47.6 Å². The van der Waals surface area contributed by atoms with Gasteiger partial charge < -0.3 is 14.6 Å². The van der Waals surface area contributed by atoms with E-state index in [2.05, 4.69) is 5.32 Å². The molecule has 2 N–H and O–H groups in total. The molecule has 3 atom stereocenters. The van der Waals surface area contributed by atoms with Crippen LogP contribution in [-0.2, 0) is 14.3 Å². The smallest absolute Gasteiger partial charge is 0.323 e. The number of carboxylic acids is 1. The van der Waals surface area contributed by atoms with E-state index in [-0.39, 0.29) is 24.4 Å². The average molecular weight is 287 g/mol. The lowest BCUT2D eigenvalue weighted by atomic mass is 9.97. The lowest BCUT2D eigenvalue weighted by molar-refractivity contribution is -0.146. The van der Waals surface area contributed by atoms with Crippen molar-refractivity contribution in [1.29, 1.82) is 0 Å². The zero-order chi connectivity index (χ0) is 15.3. The number of nitrogens with one attached hydrogen (secondary N) is 1. The Morgan fingerprint density at radius 2 is 1.95 bits per heavy atom. The number of carbonyl (C=O) groups is 1. The summed E-state index contributed by atoms with van der Waals surface area (Å²) < 4.78 is 11.5. The molecule has 0 spiro atoms. The SMILES string of the molecule is CC(C)NC(C)(CCOC1CC(C)OC(C)C1)C(=O)O. The predicted octanol–water partition coefficient (Wildman–Crippen LogP) is 2.19. The first-order chi connectivity index (χ1) is 9.23. The minimum Gasteiger partial charge on any atom is -0.480 e. The van der Waals surface area contributed by atoms with E-state index in [1.165, 1.54) is 0 Å². The minimum atomic E-state index is -0.934. The molecule has 0 aromatic heterocycles. The van der Waals surface area contributed by atoms with Crippen LogP contribution in [0.4, 0.5) is 0 Å². The Kier molecular flexibility index (Phi) is 6.43. The Bertz CT molecular complexity index is 311. The summed E-state index contributed by atoms with van der Waals surface area (Å²) in [6.45, 7) is 10.2. The van der Waals surface area contributed by atoms with Gasteiger partial charge in [0.25, 0.3) is 0 Å². The number of hydrogen-bond acceptors (Lipinski definition) is 4. The van der Waals surface area contributed by atoms with Gasteiger partial charge >= 0.3 is 5.97 Å². The summed E-state index contributed by atoms with van der Waals surface area (Å²) in [6.07, 6.45) is 2.82. The Morgan fingerprint density at radius 1 is 1.40 bits per heavy atom. The van der Waals surface area contributed by atoms with Gasteiger partial charge in [-0.1, -0.05) is 0 Å². The second-order valence-electron chi connectivity index (χ2n) is 6.41. The highest BCUT2D eigenvalue weighted by atomic mass is 16.5. The molecule has 0 bridgehead atoms. The van der Waals surface area contributed by atoms with E-state index in [1.807, 2.05) is 27.7 Å². The lowest BCUT2D eigenvalue weighted by Crippen LogP contribution is -2.53. The van der Waals surface area contributed by atoms with Gasteiger partial charge in [-0.3, -0.25) is 10.1 Å². The fourth-order valence-electron chi connectivity index (χ4n) is 2.79. The molecule has 0 amide bonds. The highest BCUT2D eigenvalue weighted by molar-refractivity contribution is 5.78. The fourth-order valence-corrected chi connectivity index (χ4v) is 2.79. The summed E-state index contributed by atoms with van der Waals surface area (Å²) in [5.74, 6) is -0.830. The van der Waals surface area contributed by atoms with E-state index in [9.17, 15) is 9.90 Å². The van der Waals surface area contributed by atoms with Gasteiger partial charge in [0.15, 0.2) is 0 Å². The van der Waals surface area contributed by atoms with Crippen molar-refractivity contribution in [2.75, 3.05) is 6.61 Å². The third kappa shape index (κ3) is 5.38. The summed E-state index contributed by atoms with van der Waals surface area (Å²) in [4.78, 5) is 11.4. The maximum absolute atomic E-state index is 11.4. The fraction of sp³-hybridized carbons (Fsp3) is 0.933. The van der Waals surface area contributed by atoms with E-state index in [0.29, 0.717) is 13.0 Å². The first kappa shape index (κ1) is 17.4.